The summed E-state index contributed by atoms with van der Waals surface area (Å²) in [6.07, 6.45) is 3.30. The summed E-state index contributed by atoms with van der Waals surface area (Å²) in [6, 6.07) is 6.86. The number of ether oxygens (including phenoxy) is 1. The summed E-state index contributed by atoms with van der Waals surface area (Å²) in [5.41, 5.74) is 1.59. The van der Waals surface area contributed by atoms with Gasteiger partial charge in [0.25, 0.3) is 0 Å². The summed E-state index contributed by atoms with van der Waals surface area (Å²) in [7, 11) is -1.69. The molecule has 5 rings (SSSR count). The molecule has 2 fully saturated rings. The highest BCUT2D eigenvalue weighted by Crippen LogP contribution is 2.38. The van der Waals surface area contributed by atoms with Crippen LogP contribution in [0, 0.1) is 11.8 Å². The van der Waals surface area contributed by atoms with Crippen LogP contribution in [0.5, 0.6) is 5.75 Å². The number of para-hydroxylation sites is 1. The van der Waals surface area contributed by atoms with Gasteiger partial charge >= 0.3 is 0 Å². The van der Waals surface area contributed by atoms with Gasteiger partial charge in [-0.05, 0) is 30.9 Å². The molecule has 2 saturated heterocycles. The molecule has 2 aromatic heterocycles. The zero-order valence-corrected chi connectivity index (χ0v) is 17.8. The van der Waals surface area contributed by atoms with Crippen LogP contribution >= 0.6 is 0 Å². The number of aryl methyl sites for hydroxylation is 1. The van der Waals surface area contributed by atoms with Crippen molar-refractivity contribution in [3.05, 3.63) is 36.9 Å². The van der Waals surface area contributed by atoms with Gasteiger partial charge in [0.15, 0.2) is 17.0 Å². The average Bonchev–Trinajstić information content (AvgIpc) is 3.42. The number of sulfonamides is 1. The van der Waals surface area contributed by atoms with Gasteiger partial charge in [0.05, 0.1) is 12.9 Å². The molecule has 2 aliphatic heterocycles. The lowest BCUT2D eigenvalue weighted by atomic mass is 10.0. The van der Waals surface area contributed by atoms with Gasteiger partial charge in [0.1, 0.15) is 17.0 Å². The van der Waals surface area contributed by atoms with Crippen molar-refractivity contribution in [2.24, 2.45) is 18.9 Å². The summed E-state index contributed by atoms with van der Waals surface area (Å²) in [5.74, 6) is 1.75. The van der Waals surface area contributed by atoms with Crippen molar-refractivity contribution in [1.82, 2.24) is 23.8 Å². The van der Waals surface area contributed by atoms with Crippen LogP contribution < -0.4 is 9.64 Å². The second-order valence-corrected chi connectivity index (χ2v) is 9.76. The summed E-state index contributed by atoms with van der Waals surface area (Å²) >= 11 is 0. The molecule has 10 heteroatoms. The number of hydrogen-bond acceptors (Lipinski definition) is 7. The van der Waals surface area contributed by atoms with Crippen molar-refractivity contribution in [3.63, 3.8) is 0 Å². The van der Waals surface area contributed by atoms with E-state index in [1.807, 2.05) is 18.5 Å². The molecule has 9 nitrogen and oxygen atoms in total. The van der Waals surface area contributed by atoms with Crippen molar-refractivity contribution in [1.29, 1.82) is 0 Å². The van der Waals surface area contributed by atoms with Gasteiger partial charge < -0.3 is 14.2 Å². The highest BCUT2D eigenvalue weighted by Gasteiger charge is 2.45. The lowest BCUT2D eigenvalue weighted by Crippen LogP contribution is -2.33. The maximum absolute atomic E-state index is 13.3. The lowest BCUT2D eigenvalue weighted by Gasteiger charge is -2.23. The molecule has 30 heavy (non-hydrogen) atoms. The fourth-order valence-corrected chi connectivity index (χ4v) is 6.25. The first-order chi connectivity index (χ1) is 14.5. The SMILES string of the molecule is CCOc1ccccc1S(=O)(=O)N1CC2CN(c3ncnc4c3ncn4C)CC2C1. The Morgan fingerprint density at radius 1 is 1.07 bits per heavy atom. The minimum Gasteiger partial charge on any atom is -0.492 e. The van der Waals surface area contributed by atoms with Crippen molar-refractivity contribution in [2.45, 2.75) is 11.8 Å². The fourth-order valence-electron chi connectivity index (χ4n) is 4.56. The number of imidazole rings is 1. The Kier molecular flexibility index (Phi) is 4.62. The molecule has 0 aliphatic carbocycles. The molecule has 0 bridgehead atoms. The van der Waals surface area contributed by atoms with Gasteiger partial charge in [-0.1, -0.05) is 12.1 Å². The van der Waals surface area contributed by atoms with E-state index in [4.69, 9.17) is 4.74 Å². The second-order valence-electron chi connectivity index (χ2n) is 7.85. The van der Waals surface area contributed by atoms with E-state index in [1.165, 1.54) is 0 Å². The van der Waals surface area contributed by atoms with Crippen LogP contribution in [0.3, 0.4) is 0 Å². The summed E-state index contributed by atoms with van der Waals surface area (Å²) in [4.78, 5) is 15.7. The number of anilines is 1. The second kappa shape index (κ2) is 7.21. The largest absolute Gasteiger partial charge is 0.492 e. The summed E-state index contributed by atoms with van der Waals surface area (Å²) < 4.78 is 35.6. The molecule has 4 heterocycles. The Morgan fingerprint density at radius 2 is 1.80 bits per heavy atom. The normalized spacial score (nSPS) is 22.0. The zero-order chi connectivity index (χ0) is 20.9. The molecule has 2 aliphatic rings. The molecule has 2 unspecified atom stereocenters. The Morgan fingerprint density at radius 3 is 2.53 bits per heavy atom. The number of nitrogens with zero attached hydrogens (tertiary/aromatic N) is 6. The average molecular weight is 429 g/mol. The molecule has 0 saturated carbocycles. The Bertz CT molecular complexity index is 1180. The predicted octanol–water partition coefficient (Wildman–Crippen LogP) is 1.52. The monoisotopic (exact) mass is 428 g/mol. The fraction of sp³-hybridized carbons (Fsp3) is 0.450. The molecule has 0 N–H and O–H groups in total. The Labute approximate surface area is 175 Å². The number of rotatable bonds is 5. The van der Waals surface area contributed by atoms with Crippen LogP contribution in [0.2, 0.25) is 0 Å². The van der Waals surface area contributed by atoms with Gasteiger partial charge in [0.2, 0.25) is 10.0 Å². The smallest absolute Gasteiger partial charge is 0.246 e. The lowest BCUT2D eigenvalue weighted by molar-refractivity contribution is 0.329. The highest BCUT2D eigenvalue weighted by atomic mass is 32.2. The van der Waals surface area contributed by atoms with E-state index in [0.29, 0.717) is 25.4 Å². The van der Waals surface area contributed by atoms with E-state index in [9.17, 15) is 8.42 Å². The third-order valence-electron chi connectivity index (χ3n) is 6.00. The van der Waals surface area contributed by atoms with E-state index in [0.717, 1.165) is 30.1 Å². The zero-order valence-electron chi connectivity index (χ0n) is 17.0. The summed E-state index contributed by atoms with van der Waals surface area (Å²) in [5, 5.41) is 0. The minimum atomic E-state index is -3.60. The Balaban J connectivity index is 1.36. The van der Waals surface area contributed by atoms with Crippen molar-refractivity contribution >= 4 is 27.0 Å². The van der Waals surface area contributed by atoms with Crippen LogP contribution in [0.1, 0.15) is 6.92 Å². The first-order valence-electron chi connectivity index (χ1n) is 10.1. The van der Waals surface area contributed by atoms with E-state index < -0.39 is 10.0 Å². The molecule has 1 aromatic carbocycles. The summed E-state index contributed by atoms with van der Waals surface area (Å²) in [6.45, 7) is 4.79. The van der Waals surface area contributed by atoms with E-state index >= 15 is 0 Å². The van der Waals surface area contributed by atoms with Gasteiger partial charge in [0, 0.05) is 33.2 Å². The highest BCUT2D eigenvalue weighted by molar-refractivity contribution is 7.89. The van der Waals surface area contributed by atoms with Crippen molar-refractivity contribution < 1.29 is 13.2 Å². The molecular weight excluding hydrogens is 404 g/mol. The molecule has 2 atom stereocenters. The molecular formula is C20H24N6O3S. The first kappa shape index (κ1) is 19.3. The van der Waals surface area contributed by atoms with Crippen molar-refractivity contribution in [3.8, 4) is 5.75 Å². The maximum atomic E-state index is 13.3. The molecule has 0 spiro atoms. The minimum absolute atomic E-state index is 0.245. The maximum Gasteiger partial charge on any atom is 0.246 e. The Hall–Kier alpha value is -2.72. The van der Waals surface area contributed by atoms with Gasteiger partial charge in [-0.25, -0.2) is 23.4 Å². The molecule has 158 valence electrons. The first-order valence-corrected chi connectivity index (χ1v) is 11.5. The van der Waals surface area contributed by atoms with Gasteiger partial charge in [-0.2, -0.15) is 4.31 Å². The number of benzene rings is 1. The predicted molar refractivity (Wildman–Crippen MR) is 112 cm³/mol. The standard InChI is InChI=1S/C20H24N6O3S/c1-3-29-16-6-4-5-7-17(16)30(27,28)26-10-14-8-25(9-15(14)11-26)20-18-19(21-12-22-20)24(2)13-23-18/h4-7,12-15H,3,8-11H2,1-2H3. The van der Waals surface area contributed by atoms with E-state index in [1.54, 1.807) is 41.2 Å². The number of aromatic nitrogens is 4. The number of hydrogen-bond donors (Lipinski definition) is 0. The molecule has 3 aromatic rings. The van der Waals surface area contributed by atoms with Crippen LogP contribution in [0.15, 0.2) is 41.8 Å². The topological polar surface area (TPSA) is 93.5 Å². The number of fused-ring (bicyclic) bond motifs is 2. The van der Waals surface area contributed by atoms with E-state index in [-0.39, 0.29) is 16.7 Å². The van der Waals surface area contributed by atoms with Crippen LogP contribution in [0.4, 0.5) is 5.82 Å². The van der Waals surface area contributed by atoms with Crippen LogP contribution in [0.25, 0.3) is 11.2 Å². The molecule has 0 radical (unpaired) electrons. The van der Waals surface area contributed by atoms with Crippen molar-refractivity contribution in [2.75, 3.05) is 37.7 Å². The van der Waals surface area contributed by atoms with Gasteiger partial charge in [-0.3, -0.25) is 0 Å². The third-order valence-corrected chi connectivity index (χ3v) is 7.87. The van der Waals surface area contributed by atoms with E-state index in [2.05, 4.69) is 19.9 Å². The van der Waals surface area contributed by atoms with Crippen LogP contribution in [-0.2, 0) is 17.1 Å². The van der Waals surface area contributed by atoms with Crippen LogP contribution in [-0.4, -0.2) is 65.0 Å². The molecule has 0 amide bonds. The third kappa shape index (κ3) is 3.02. The quantitative estimate of drug-likeness (QED) is 0.608. The van der Waals surface area contributed by atoms with Gasteiger partial charge in [-0.15, -0.1) is 0 Å².